The largest absolute Gasteiger partial charge is 0.366 e. The number of benzene rings is 1. The van der Waals surface area contributed by atoms with E-state index in [0.29, 0.717) is 47.8 Å². The van der Waals surface area contributed by atoms with Crippen LogP contribution in [-0.4, -0.2) is 42.3 Å². The number of urea groups is 1. The van der Waals surface area contributed by atoms with Crippen LogP contribution in [0.3, 0.4) is 0 Å². The van der Waals surface area contributed by atoms with Gasteiger partial charge in [0.15, 0.2) is 5.82 Å². The third-order valence-corrected chi connectivity index (χ3v) is 4.29. The SMILES string of the molecule is Cc1cc(NC(=O)N2CCN(c3c(Cl)cccc3Cl)CC2)no1. The molecule has 0 bridgehead atoms. The summed E-state index contributed by atoms with van der Waals surface area (Å²) in [6.07, 6.45) is 0. The Labute approximate surface area is 143 Å². The lowest BCUT2D eigenvalue weighted by molar-refractivity contribution is 0.208. The number of carbonyl (C=O) groups excluding carboxylic acids is 1. The monoisotopic (exact) mass is 354 g/mol. The van der Waals surface area contributed by atoms with Crippen molar-refractivity contribution < 1.29 is 9.32 Å². The van der Waals surface area contributed by atoms with Crippen LogP contribution in [0, 0.1) is 6.92 Å². The number of rotatable bonds is 2. The first kappa shape index (κ1) is 16.0. The fourth-order valence-electron chi connectivity index (χ4n) is 2.54. The van der Waals surface area contributed by atoms with Gasteiger partial charge in [-0.2, -0.15) is 0 Å². The zero-order valence-corrected chi connectivity index (χ0v) is 14.1. The number of anilines is 2. The third kappa shape index (κ3) is 3.54. The first-order chi connectivity index (χ1) is 11.0. The molecule has 23 heavy (non-hydrogen) atoms. The van der Waals surface area contributed by atoms with Gasteiger partial charge >= 0.3 is 6.03 Å². The average Bonchev–Trinajstić information content (AvgIpc) is 2.93. The van der Waals surface area contributed by atoms with Gasteiger partial charge in [-0.1, -0.05) is 34.4 Å². The summed E-state index contributed by atoms with van der Waals surface area (Å²) in [6, 6.07) is 6.93. The maximum Gasteiger partial charge on any atom is 0.323 e. The molecule has 0 saturated carbocycles. The van der Waals surface area contributed by atoms with Crippen molar-refractivity contribution in [2.45, 2.75) is 6.92 Å². The molecule has 1 saturated heterocycles. The Hall–Kier alpha value is -1.92. The average molecular weight is 355 g/mol. The van der Waals surface area contributed by atoms with Gasteiger partial charge in [-0.15, -0.1) is 0 Å². The van der Waals surface area contributed by atoms with E-state index in [4.69, 9.17) is 27.7 Å². The van der Waals surface area contributed by atoms with Crippen LogP contribution >= 0.6 is 23.2 Å². The van der Waals surface area contributed by atoms with Crippen molar-refractivity contribution in [2.24, 2.45) is 0 Å². The lowest BCUT2D eigenvalue weighted by Gasteiger charge is -2.36. The smallest absolute Gasteiger partial charge is 0.323 e. The fourth-order valence-corrected chi connectivity index (χ4v) is 3.17. The molecule has 3 rings (SSSR count). The summed E-state index contributed by atoms with van der Waals surface area (Å²) in [6.45, 7) is 4.24. The third-order valence-electron chi connectivity index (χ3n) is 3.68. The van der Waals surface area contributed by atoms with E-state index in [9.17, 15) is 4.79 Å². The second kappa shape index (κ2) is 6.68. The molecule has 2 amide bonds. The summed E-state index contributed by atoms with van der Waals surface area (Å²) in [5.74, 6) is 1.07. The standard InChI is InChI=1S/C15H16Cl2N4O2/c1-10-9-13(19-23-10)18-15(22)21-7-5-20(6-8-21)14-11(16)3-2-4-12(14)17/h2-4,9H,5-8H2,1H3,(H,18,19,22). The number of aryl methyl sites for hydroxylation is 1. The van der Waals surface area contributed by atoms with Crippen molar-refractivity contribution in [1.82, 2.24) is 10.1 Å². The number of nitrogens with one attached hydrogen (secondary N) is 1. The van der Waals surface area contributed by atoms with Crippen molar-refractivity contribution in [3.05, 3.63) is 40.1 Å². The number of hydrogen-bond donors (Lipinski definition) is 1. The molecule has 1 fully saturated rings. The van der Waals surface area contributed by atoms with E-state index in [2.05, 4.69) is 15.4 Å². The van der Waals surface area contributed by atoms with E-state index < -0.39 is 0 Å². The van der Waals surface area contributed by atoms with E-state index in [0.717, 1.165) is 5.69 Å². The zero-order chi connectivity index (χ0) is 16.4. The molecular formula is C15H16Cl2N4O2. The molecular weight excluding hydrogens is 339 g/mol. The second-order valence-electron chi connectivity index (χ2n) is 5.30. The molecule has 2 aromatic rings. The summed E-state index contributed by atoms with van der Waals surface area (Å²) in [7, 11) is 0. The minimum Gasteiger partial charge on any atom is -0.366 e. The highest BCUT2D eigenvalue weighted by Gasteiger charge is 2.24. The first-order valence-electron chi connectivity index (χ1n) is 7.23. The molecule has 1 N–H and O–H groups in total. The van der Waals surface area contributed by atoms with Crippen molar-refractivity contribution in [3.8, 4) is 0 Å². The fraction of sp³-hybridized carbons (Fsp3) is 0.333. The van der Waals surface area contributed by atoms with E-state index >= 15 is 0 Å². The zero-order valence-electron chi connectivity index (χ0n) is 12.6. The number of aromatic nitrogens is 1. The molecule has 0 spiro atoms. The Bertz CT molecular complexity index is 691. The number of hydrogen-bond acceptors (Lipinski definition) is 4. The Morgan fingerprint density at radius 3 is 2.43 bits per heavy atom. The van der Waals surface area contributed by atoms with Crippen LogP contribution in [-0.2, 0) is 0 Å². The highest BCUT2D eigenvalue weighted by molar-refractivity contribution is 6.39. The normalized spacial score (nSPS) is 14.9. The molecule has 122 valence electrons. The van der Waals surface area contributed by atoms with Gasteiger partial charge < -0.3 is 14.3 Å². The van der Waals surface area contributed by atoms with Gasteiger partial charge in [-0.05, 0) is 19.1 Å². The maximum atomic E-state index is 12.2. The Morgan fingerprint density at radius 1 is 1.22 bits per heavy atom. The molecule has 0 aliphatic carbocycles. The van der Waals surface area contributed by atoms with E-state index in [1.807, 2.05) is 18.2 Å². The summed E-state index contributed by atoms with van der Waals surface area (Å²) < 4.78 is 4.93. The lowest BCUT2D eigenvalue weighted by atomic mass is 10.2. The van der Waals surface area contributed by atoms with Crippen molar-refractivity contribution in [3.63, 3.8) is 0 Å². The van der Waals surface area contributed by atoms with Gasteiger partial charge in [0, 0.05) is 32.2 Å². The number of nitrogens with zero attached hydrogens (tertiary/aromatic N) is 3. The molecule has 0 radical (unpaired) electrons. The molecule has 6 nitrogen and oxygen atoms in total. The minimum atomic E-state index is -0.191. The molecule has 1 aliphatic rings. The predicted molar refractivity (Wildman–Crippen MR) is 90.5 cm³/mol. The molecule has 1 aliphatic heterocycles. The number of halogens is 2. The molecule has 0 atom stereocenters. The van der Waals surface area contributed by atoms with Gasteiger partial charge in [0.1, 0.15) is 5.76 Å². The minimum absolute atomic E-state index is 0.191. The molecule has 0 unspecified atom stereocenters. The number of para-hydroxylation sites is 1. The Kier molecular flexibility index (Phi) is 4.63. The highest BCUT2D eigenvalue weighted by Crippen LogP contribution is 2.34. The van der Waals surface area contributed by atoms with Crippen LogP contribution in [0.25, 0.3) is 0 Å². The van der Waals surface area contributed by atoms with Crippen molar-refractivity contribution in [2.75, 3.05) is 36.4 Å². The van der Waals surface area contributed by atoms with E-state index in [-0.39, 0.29) is 6.03 Å². The molecule has 1 aromatic heterocycles. The Morgan fingerprint density at radius 2 is 1.87 bits per heavy atom. The highest BCUT2D eigenvalue weighted by atomic mass is 35.5. The van der Waals surface area contributed by atoms with Gasteiger partial charge in [0.2, 0.25) is 0 Å². The predicted octanol–water partition coefficient (Wildman–Crippen LogP) is 3.64. The quantitative estimate of drug-likeness (QED) is 0.893. The summed E-state index contributed by atoms with van der Waals surface area (Å²) in [4.78, 5) is 16.0. The Balaban J connectivity index is 1.61. The molecule has 1 aromatic carbocycles. The van der Waals surface area contributed by atoms with Gasteiger partial charge in [-0.3, -0.25) is 5.32 Å². The van der Waals surface area contributed by atoms with Gasteiger partial charge in [-0.25, -0.2) is 4.79 Å². The van der Waals surface area contributed by atoms with Crippen molar-refractivity contribution >= 4 is 40.7 Å². The van der Waals surface area contributed by atoms with Crippen LogP contribution in [0.1, 0.15) is 5.76 Å². The molecule has 2 heterocycles. The van der Waals surface area contributed by atoms with Crippen LogP contribution in [0.4, 0.5) is 16.3 Å². The van der Waals surface area contributed by atoms with E-state index in [1.165, 1.54) is 0 Å². The van der Waals surface area contributed by atoms with Crippen LogP contribution in [0.2, 0.25) is 10.0 Å². The topological polar surface area (TPSA) is 61.6 Å². The lowest BCUT2D eigenvalue weighted by Crippen LogP contribution is -2.50. The van der Waals surface area contributed by atoms with Crippen LogP contribution < -0.4 is 10.2 Å². The van der Waals surface area contributed by atoms with Crippen molar-refractivity contribution in [1.29, 1.82) is 0 Å². The molecule has 8 heteroatoms. The number of piperazine rings is 1. The summed E-state index contributed by atoms with van der Waals surface area (Å²) in [5.41, 5.74) is 0.822. The maximum absolute atomic E-state index is 12.2. The van der Waals surface area contributed by atoms with Crippen LogP contribution in [0.15, 0.2) is 28.8 Å². The van der Waals surface area contributed by atoms with Gasteiger partial charge in [0.25, 0.3) is 0 Å². The van der Waals surface area contributed by atoms with Gasteiger partial charge in [0.05, 0.1) is 15.7 Å². The summed E-state index contributed by atoms with van der Waals surface area (Å²) >= 11 is 12.5. The first-order valence-corrected chi connectivity index (χ1v) is 7.98. The van der Waals surface area contributed by atoms with Crippen LogP contribution in [0.5, 0.6) is 0 Å². The second-order valence-corrected chi connectivity index (χ2v) is 6.11. The summed E-state index contributed by atoms with van der Waals surface area (Å²) in [5, 5.41) is 7.72. The van der Waals surface area contributed by atoms with E-state index in [1.54, 1.807) is 17.9 Å². The number of carbonyl (C=O) groups is 1. The number of amides is 2.